The highest BCUT2D eigenvalue weighted by Crippen LogP contribution is 2.18. The number of nitrogens with one attached hydrogen (secondary N) is 1. The van der Waals surface area contributed by atoms with Crippen molar-refractivity contribution in [3.63, 3.8) is 0 Å². The summed E-state index contributed by atoms with van der Waals surface area (Å²) < 4.78 is 0. The lowest BCUT2D eigenvalue weighted by molar-refractivity contribution is 0.179. The lowest BCUT2D eigenvalue weighted by Gasteiger charge is -2.35. The molecule has 0 aliphatic carbocycles. The largest absolute Gasteiger partial charge is 0.311 e. The highest BCUT2D eigenvalue weighted by atomic mass is 15.2. The number of piperazine rings is 1. The van der Waals surface area contributed by atoms with Crippen LogP contribution in [0.2, 0.25) is 0 Å². The molecule has 1 fully saturated rings. The Morgan fingerprint density at radius 1 is 1.26 bits per heavy atom. The second kappa shape index (κ2) is 6.53. The molecule has 0 radical (unpaired) electrons. The fourth-order valence-electron chi connectivity index (χ4n) is 3.09. The van der Waals surface area contributed by atoms with Gasteiger partial charge in [0.2, 0.25) is 0 Å². The number of rotatable bonds is 4. The molecule has 1 aliphatic heterocycles. The van der Waals surface area contributed by atoms with Gasteiger partial charge in [0.25, 0.3) is 0 Å². The number of aryl methyl sites for hydroxylation is 2. The molecule has 106 valence electrons. The lowest BCUT2D eigenvalue weighted by Crippen LogP contribution is -2.50. The Kier molecular flexibility index (Phi) is 5.00. The Morgan fingerprint density at radius 2 is 1.95 bits per heavy atom. The highest BCUT2D eigenvalue weighted by molar-refractivity contribution is 5.33. The number of hydrogen-bond acceptors (Lipinski definition) is 2. The molecule has 1 N–H and O–H groups in total. The van der Waals surface area contributed by atoms with E-state index in [0.29, 0.717) is 6.04 Å². The Hall–Kier alpha value is -0.860. The molecule has 2 rings (SSSR count). The van der Waals surface area contributed by atoms with Crippen LogP contribution in [0.25, 0.3) is 0 Å². The summed E-state index contributed by atoms with van der Waals surface area (Å²) >= 11 is 0. The van der Waals surface area contributed by atoms with Gasteiger partial charge in [0, 0.05) is 32.2 Å². The molecule has 1 heterocycles. The van der Waals surface area contributed by atoms with Crippen molar-refractivity contribution >= 4 is 0 Å². The predicted octanol–water partition coefficient (Wildman–Crippen LogP) is 3.12. The number of benzene rings is 1. The molecular formula is C17H28N2. The van der Waals surface area contributed by atoms with E-state index in [4.69, 9.17) is 0 Å². The zero-order valence-electron chi connectivity index (χ0n) is 12.9. The van der Waals surface area contributed by atoms with Gasteiger partial charge in [-0.05, 0) is 42.9 Å². The van der Waals surface area contributed by atoms with E-state index in [9.17, 15) is 0 Å². The van der Waals surface area contributed by atoms with Crippen molar-refractivity contribution in [2.45, 2.75) is 46.7 Å². The summed E-state index contributed by atoms with van der Waals surface area (Å²) in [6, 6.07) is 7.29. The van der Waals surface area contributed by atoms with Crippen LogP contribution in [-0.4, -0.2) is 30.6 Å². The predicted molar refractivity (Wildman–Crippen MR) is 82.4 cm³/mol. The van der Waals surface area contributed by atoms with Crippen LogP contribution in [0.5, 0.6) is 0 Å². The minimum Gasteiger partial charge on any atom is -0.311 e. The van der Waals surface area contributed by atoms with E-state index in [1.165, 1.54) is 36.2 Å². The summed E-state index contributed by atoms with van der Waals surface area (Å²) in [6.45, 7) is 13.7. The normalized spacial score (nSPS) is 21.0. The SMILES string of the molecule is Cc1cccc(C)c1CN1CCNC(CC(C)C)C1. The second-order valence-corrected chi connectivity index (χ2v) is 6.39. The van der Waals surface area contributed by atoms with Gasteiger partial charge >= 0.3 is 0 Å². The Balaban J connectivity index is 1.99. The first kappa shape index (κ1) is 14.5. The first-order valence-electron chi connectivity index (χ1n) is 7.57. The van der Waals surface area contributed by atoms with Crippen molar-refractivity contribution in [2.24, 2.45) is 5.92 Å². The van der Waals surface area contributed by atoms with Crippen molar-refractivity contribution in [3.05, 3.63) is 34.9 Å². The molecule has 2 heteroatoms. The van der Waals surface area contributed by atoms with Gasteiger partial charge in [-0.3, -0.25) is 4.90 Å². The summed E-state index contributed by atoms with van der Waals surface area (Å²) in [6.07, 6.45) is 1.28. The molecule has 1 aromatic rings. The summed E-state index contributed by atoms with van der Waals surface area (Å²) in [5.74, 6) is 0.776. The Morgan fingerprint density at radius 3 is 2.58 bits per heavy atom. The van der Waals surface area contributed by atoms with Crippen molar-refractivity contribution in [2.75, 3.05) is 19.6 Å². The molecule has 1 unspecified atom stereocenters. The molecule has 19 heavy (non-hydrogen) atoms. The molecule has 1 atom stereocenters. The third kappa shape index (κ3) is 4.05. The van der Waals surface area contributed by atoms with Gasteiger partial charge in [-0.15, -0.1) is 0 Å². The van der Waals surface area contributed by atoms with Crippen molar-refractivity contribution < 1.29 is 0 Å². The van der Waals surface area contributed by atoms with Crippen LogP contribution in [0.1, 0.15) is 37.0 Å². The van der Waals surface area contributed by atoms with E-state index >= 15 is 0 Å². The second-order valence-electron chi connectivity index (χ2n) is 6.39. The number of nitrogens with zero attached hydrogens (tertiary/aromatic N) is 1. The first-order valence-corrected chi connectivity index (χ1v) is 7.57. The van der Waals surface area contributed by atoms with Gasteiger partial charge in [0.05, 0.1) is 0 Å². The summed E-state index contributed by atoms with van der Waals surface area (Å²) in [5.41, 5.74) is 4.38. The third-order valence-corrected chi connectivity index (χ3v) is 4.12. The van der Waals surface area contributed by atoms with E-state index in [1.54, 1.807) is 0 Å². The van der Waals surface area contributed by atoms with Crippen molar-refractivity contribution in [3.8, 4) is 0 Å². The van der Waals surface area contributed by atoms with Gasteiger partial charge in [-0.25, -0.2) is 0 Å². The lowest BCUT2D eigenvalue weighted by atomic mass is 9.99. The highest BCUT2D eigenvalue weighted by Gasteiger charge is 2.20. The average molecular weight is 260 g/mol. The topological polar surface area (TPSA) is 15.3 Å². The average Bonchev–Trinajstić information content (AvgIpc) is 2.34. The minimum absolute atomic E-state index is 0.665. The van der Waals surface area contributed by atoms with Crippen LogP contribution in [-0.2, 0) is 6.54 Å². The molecule has 0 aromatic heterocycles. The molecule has 1 aliphatic rings. The Labute approximate surface area is 118 Å². The number of hydrogen-bond donors (Lipinski definition) is 1. The van der Waals surface area contributed by atoms with Crippen molar-refractivity contribution in [1.82, 2.24) is 10.2 Å². The summed E-state index contributed by atoms with van der Waals surface area (Å²) in [5, 5.41) is 3.65. The molecule has 1 aromatic carbocycles. The molecule has 0 bridgehead atoms. The van der Waals surface area contributed by atoms with E-state index in [-0.39, 0.29) is 0 Å². The van der Waals surface area contributed by atoms with E-state index in [1.807, 2.05) is 0 Å². The van der Waals surface area contributed by atoms with Gasteiger partial charge < -0.3 is 5.32 Å². The van der Waals surface area contributed by atoms with Crippen molar-refractivity contribution in [1.29, 1.82) is 0 Å². The molecule has 0 spiro atoms. The van der Waals surface area contributed by atoms with Gasteiger partial charge in [0.15, 0.2) is 0 Å². The maximum atomic E-state index is 3.65. The molecule has 1 saturated heterocycles. The van der Waals surface area contributed by atoms with E-state index < -0.39 is 0 Å². The van der Waals surface area contributed by atoms with Crippen LogP contribution in [0.15, 0.2) is 18.2 Å². The standard InChI is InChI=1S/C17H28N2/c1-13(2)10-16-11-19(9-8-18-16)12-17-14(3)6-5-7-15(17)4/h5-7,13,16,18H,8-12H2,1-4H3. The van der Waals surface area contributed by atoms with Crippen LogP contribution in [0.4, 0.5) is 0 Å². The maximum absolute atomic E-state index is 3.65. The van der Waals surface area contributed by atoms with Crippen LogP contribution in [0.3, 0.4) is 0 Å². The molecule has 0 saturated carbocycles. The molecular weight excluding hydrogens is 232 g/mol. The smallest absolute Gasteiger partial charge is 0.0240 e. The summed E-state index contributed by atoms with van der Waals surface area (Å²) in [4.78, 5) is 2.61. The zero-order valence-corrected chi connectivity index (χ0v) is 12.9. The minimum atomic E-state index is 0.665. The quantitative estimate of drug-likeness (QED) is 0.895. The van der Waals surface area contributed by atoms with Crippen LogP contribution in [0, 0.1) is 19.8 Å². The fraction of sp³-hybridized carbons (Fsp3) is 0.647. The van der Waals surface area contributed by atoms with E-state index in [2.05, 4.69) is 56.1 Å². The van der Waals surface area contributed by atoms with Gasteiger partial charge in [0.1, 0.15) is 0 Å². The molecule has 2 nitrogen and oxygen atoms in total. The van der Waals surface area contributed by atoms with Crippen LogP contribution < -0.4 is 5.32 Å². The first-order chi connectivity index (χ1) is 9.06. The van der Waals surface area contributed by atoms with Crippen LogP contribution >= 0.6 is 0 Å². The van der Waals surface area contributed by atoms with Gasteiger partial charge in [-0.2, -0.15) is 0 Å². The Bertz CT molecular complexity index is 391. The molecule has 0 amide bonds. The van der Waals surface area contributed by atoms with E-state index in [0.717, 1.165) is 19.0 Å². The maximum Gasteiger partial charge on any atom is 0.0240 e. The zero-order chi connectivity index (χ0) is 13.8. The summed E-state index contributed by atoms with van der Waals surface area (Å²) in [7, 11) is 0. The third-order valence-electron chi connectivity index (χ3n) is 4.12. The van der Waals surface area contributed by atoms with Gasteiger partial charge in [-0.1, -0.05) is 32.0 Å². The monoisotopic (exact) mass is 260 g/mol. The fourth-order valence-corrected chi connectivity index (χ4v) is 3.09.